The minimum atomic E-state index is -0.389. The quantitative estimate of drug-likeness (QED) is 0.796. The maximum absolute atomic E-state index is 13.0. The highest BCUT2D eigenvalue weighted by molar-refractivity contribution is 6.04. The van der Waals surface area contributed by atoms with Crippen LogP contribution in [0.15, 0.2) is 42.5 Å². The van der Waals surface area contributed by atoms with Crippen molar-refractivity contribution in [3.8, 4) is 5.75 Å². The third-order valence-corrected chi connectivity index (χ3v) is 4.72. The van der Waals surface area contributed by atoms with Gasteiger partial charge in [0.25, 0.3) is 5.91 Å². The number of nitrogens with one attached hydrogen (secondary N) is 2. The summed E-state index contributed by atoms with van der Waals surface area (Å²) in [5.41, 5.74) is 1.86. The molecule has 148 valence electrons. The minimum absolute atomic E-state index is 0.00736. The SMILES string of the molecule is CC(C)CCNC(=O)[C@@H]1COc2ccc(NC(=O)c3ccc(F)cc3)cc2C1. The number of anilines is 1. The lowest BCUT2D eigenvalue weighted by Gasteiger charge is -2.25. The molecule has 0 aliphatic carbocycles. The van der Waals surface area contributed by atoms with E-state index in [-0.39, 0.29) is 23.5 Å². The van der Waals surface area contributed by atoms with E-state index in [2.05, 4.69) is 24.5 Å². The van der Waals surface area contributed by atoms with Gasteiger partial charge in [-0.15, -0.1) is 0 Å². The van der Waals surface area contributed by atoms with Crippen molar-refractivity contribution in [1.82, 2.24) is 5.32 Å². The summed E-state index contributed by atoms with van der Waals surface area (Å²) in [5, 5.41) is 5.77. The Kier molecular flexibility index (Phi) is 6.29. The monoisotopic (exact) mass is 384 g/mol. The zero-order chi connectivity index (χ0) is 20.1. The highest BCUT2D eigenvalue weighted by Gasteiger charge is 2.26. The van der Waals surface area contributed by atoms with Gasteiger partial charge >= 0.3 is 0 Å². The van der Waals surface area contributed by atoms with E-state index in [1.807, 2.05) is 6.07 Å². The van der Waals surface area contributed by atoms with E-state index in [4.69, 9.17) is 4.74 Å². The number of rotatable bonds is 6. The fourth-order valence-electron chi connectivity index (χ4n) is 3.07. The first kappa shape index (κ1) is 19.9. The van der Waals surface area contributed by atoms with Crippen LogP contribution >= 0.6 is 0 Å². The number of halogens is 1. The molecule has 0 saturated heterocycles. The van der Waals surface area contributed by atoms with Crippen LogP contribution in [-0.4, -0.2) is 25.0 Å². The summed E-state index contributed by atoms with van der Waals surface area (Å²) in [6.07, 6.45) is 1.50. The van der Waals surface area contributed by atoms with Crippen molar-refractivity contribution in [2.45, 2.75) is 26.7 Å². The van der Waals surface area contributed by atoms with Gasteiger partial charge in [-0.3, -0.25) is 9.59 Å². The van der Waals surface area contributed by atoms with Gasteiger partial charge in [0.05, 0.1) is 5.92 Å². The first-order valence-electron chi connectivity index (χ1n) is 9.52. The predicted octanol–water partition coefficient (Wildman–Crippen LogP) is 3.79. The number of hydrogen-bond donors (Lipinski definition) is 2. The van der Waals surface area contributed by atoms with Crippen LogP contribution in [0.25, 0.3) is 0 Å². The molecule has 0 radical (unpaired) electrons. The topological polar surface area (TPSA) is 67.4 Å². The van der Waals surface area contributed by atoms with Crippen LogP contribution in [0.5, 0.6) is 5.75 Å². The van der Waals surface area contributed by atoms with Gasteiger partial charge < -0.3 is 15.4 Å². The summed E-state index contributed by atoms with van der Waals surface area (Å²) < 4.78 is 18.7. The molecule has 2 aromatic rings. The van der Waals surface area contributed by atoms with Crippen LogP contribution in [0.1, 0.15) is 36.2 Å². The molecule has 3 rings (SSSR count). The zero-order valence-electron chi connectivity index (χ0n) is 16.1. The number of fused-ring (bicyclic) bond motifs is 1. The van der Waals surface area contributed by atoms with Gasteiger partial charge in [0.2, 0.25) is 5.91 Å². The van der Waals surface area contributed by atoms with Crippen LogP contribution in [-0.2, 0) is 11.2 Å². The predicted molar refractivity (Wildman–Crippen MR) is 106 cm³/mol. The lowest BCUT2D eigenvalue weighted by molar-refractivity contribution is -0.126. The van der Waals surface area contributed by atoms with E-state index in [0.29, 0.717) is 36.7 Å². The molecule has 0 saturated carbocycles. The molecule has 2 aromatic carbocycles. The lowest BCUT2D eigenvalue weighted by Crippen LogP contribution is -2.38. The van der Waals surface area contributed by atoms with Crippen LogP contribution in [0.4, 0.5) is 10.1 Å². The molecular weight excluding hydrogens is 359 g/mol. The molecule has 0 aromatic heterocycles. The van der Waals surface area contributed by atoms with Crippen molar-refractivity contribution in [2.75, 3.05) is 18.5 Å². The third-order valence-electron chi connectivity index (χ3n) is 4.72. The molecule has 1 aliphatic heterocycles. The molecule has 0 spiro atoms. The van der Waals surface area contributed by atoms with E-state index in [1.54, 1.807) is 12.1 Å². The fourth-order valence-corrected chi connectivity index (χ4v) is 3.07. The summed E-state index contributed by atoms with van der Waals surface area (Å²) in [6.45, 7) is 5.25. The lowest BCUT2D eigenvalue weighted by atomic mass is 9.95. The molecule has 0 bridgehead atoms. The first-order valence-corrected chi connectivity index (χ1v) is 9.52. The summed E-state index contributed by atoms with van der Waals surface area (Å²) in [5.74, 6) is 0.302. The van der Waals surface area contributed by atoms with Gasteiger partial charge in [-0.1, -0.05) is 13.8 Å². The van der Waals surface area contributed by atoms with Crippen molar-refractivity contribution >= 4 is 17.5 Å². The minimum Gasteiger partial charge on any atom is -0.492 e. The largest absolute Gasteiger partial charge is 0.492 e. The van der Waals surface area contributed by atoms with Crippen molar-refractivity contribution in [2.24, 2.45) is 11.8 Å². The molecule has 2 N–H and O–H groups in total. The average molecular weight is 384 g/mol. The Labute approximate surface area is 164 Å². The molecule has 5 nitrogen and oxygen atoms in total. The van der Waals surface area contributed by atoms with Gasteiger partial charge in [-0.05, 0) is 66.8 Å². The van der Waals surface area contributed by atoms with Crippen LogP contribution < -0.4 is 15.4 Å². The molecule has 6 heteroatoms. The highest BCUT2D eigenvalue weighted by atomic mass is 19.1. The van der Waals surface area contributed by atoms with Crippen LogP contribution in [0.3, 0.4) is 0 Å². The number of benzene rings is 2. The molecule has 0 fully saturated rings. The van der Waals surface area contributed by atoms with Crippen LogP contribution in [0, 0.1) is 17.7 Å². The molecular formula is C22H25FN2O3. The normalized spacial score (nSPS) is 15.5. The van der Waals surface area contributed by atoms with E-state index >= 15 is 0 Å². The smallest absolute Gasteiger partial charge is 0.255 e. The number of hydrogen-bond acceptors (Lipinski definition) is 3. The average Bonchev–Trinajstić information content (AvgIpc) is 2.67. The van der Waals surface area contributed by atoms with E-state index < -0.39 is 0 Å². The summed E-state index contributed by atoms with van der Waals surface area (Å²) in [7, 11) is 0. The van der Waals surface area contributed by atoms with Gasteiger partial charge in [0.15, 0.2) is 0 Å². The Bertz CT molecular complexity index is 849. The summed E-state index contributed by atoms with van der Waals surface area (Å²) in [6, 6.07) is 10.7. The first-order chi connectivity index (χ1) is 13.4. The molecule has 1 heterocycles. The number of ether oxygens (including phenoxy) is 1. The Morgan fingerprint density at radius 1 is 1.18 bits per heavy atom. The Hall–Kier alpha value is -2.89. The maximum atomic E-state index is 13.0. The molecule has 1 aliphatic rings. The third kappa shape index (κ3) is 5.09. The van der Waals surface area contributed by atoms with Crippen LogP contribution in [0.2, 0.25) is 0 Å². The van der Waals surface area contributed by atoms with Crippen molar-refractivity contribution in [3.63, 3.8) is 0 Å². The Morgan fingerprint density at radius 3 is 2.64 bits per heavy atom. The number of amides is 2. The second-order valence-electron chi connectivity index (χ2n) is 7.47. The fraction of sp³-hybridized carbons (Fsp3) is 0.364. The molecule has 2 amide bonds. The van der Waals surface area contributed by atoms with E-state index in [1.165, 1.54) is 24.3 Å². The Balaban J connectivity index is 1.63. The standard InChI is InChI=1S/C22H25FN2O3/c1-14(2)9-10-24-21(26)17-11-16-12-19(7-8-20(16)28-13-17)25-22(27)15-3-5-18(23)6-4-15/h3-8,12,14,17H,9-11,13H2,1-2H3,(H,24,26)(H,25,27)/t17-/m0/s1. The second-order valence-corrected chi connectivity index (χ2v) is 7.47. The van der Waals surface area contributed by atoms with E-state index in [0.717, 1.165) is 17.7 Å². The summed E-state index contributed by atoms with van der Waals surface area (Å²) in [4.78, 5) is 24.7. The molecule has 0 unspecified atom stereocenters. The Morgan fingerprint density at radius 2 is 1.93 bits per heavy atom. The van der Waals surface area contributed by atoms with Gasteiger partial charge in [0.1, 0.15) is 18.2 Å². The second kappa shape index (κ2) is 8.87. The zero-order valence-corrected chi connectivity index (χ0v) is 16.1. The van der Waals surface area contributed by atoms with Gasteiger partial charge in [0, 0.05) is 17.8 Å². The molecule has 28 heavy (non-hydrogen) atoms. The van der Waals surface area contributed by atoms with Crippen molar-refractivity contribution < 1.29 is 18.7 Å². The number of carbonyl (C=O) groups excluding carboxylic acids is 2. The number of carbonyl (C=O) groups is 2. The van der Waals surface area contributed by atoms with E-state index in [9.17, 15) is 14.0 Å². The van der Waals surface area contributed by atoms with Crippen molar-refractivity contribution in [3.05, 3.63) is 59.4 Å². The summed E-state index contributed by atoms with van der Waals surface area (Å²) >= 11 is 0. The maximum Gasteiger partial charge on any atom is 0.255 e. The molecule has 1 atom stereocenters. The van der Waals surface area contributed by atoms with Gasteiger partial charge in [-0.2, -0.15) is 0 Å². The van der Waals surface area contributed by atoms with Crippen molar-refractivity contribution in [1.29, 1.82) is 0 Å². The van der Waals surface area contributed by atoms with Gasteiger partial charge in [-0.25, -0.2) is 4.39 Å². The highest BCUT2D eigenvalue weighted by Crippen LogP contribution is 2.30.